The van der Waals surface area contributed by atoms with E-state index in [-0.39, 0.29) is 5.56 Å². The average molecular weight is 333 g/mol. The van der Waals surface area contributed by atoms with Gasteiger partial charge in [0.2, 0.25) is 0 Å². The molecule has 0 fully saturated rings. The first kappa shape index (κ1) is 12.7. The number of benzene rings is 2. The first-order valence-corrected chi connectivity index (χ1v) is 6.58. The minimum atomic E-state index is -0.997. The molecule has 0 aliphatic rings. The van der Waals surface area contributed by atoms with E-state index in [4.69, 9.17) is 9.52 Å². The summed E-state index contributed by atoms with van der Waals surface area (Å²) in [6.07, 6.45) is 0. The molecule has 0 radical (unpaired) electrons. The lowest BCUT2D eigenvalue weighted by Gasteiger charge is -2.02. The summed E-state index contributed by atoms with van der Waals surface area (Å²) in [5.74, 6) is -0.997. The molecule has 0 aliphatic heterocycles. The minimum absolute atomic E-state index is 0.168. The van der Waals surface area contributed by atoms with E-state index in [1.807, 2.05) is 24.3 Å². The Morgan fingerprint density at radius 3 is 2.80 bits per heavy atom. The SMILES string of the molecule is O=C(O)c1ccc2nc(Nc3ccccc3Br)oc2c1. The molecule has 3 rings (SSSR count). The van der Waals surface area contributed by atoms with E-state index in [1.54, 1.807) is 6.07 Å². The third kappa shape index (κ3) is 2.37. The molecule has 5 nitrogen and oxygen atoms in total. The van der Waals surface area contributed by atoms with Gasteiger partial charge in [0.25, 0.3) is 6.01 Å². The fourth-order valence-corrected chi connectivity index (χ4v) is 2.17. The Labute approximate surface area is 122 Å². The second kappa shape index (κ2) is 4.97. The van der Waals surface area contributed by atoms with Crippen LogP contribution in [0.2, 0.25) is 0 Å². The number of nitrogens with one attached hydrogen (secondary N) is 1. The molecule has 0 saturated carbocycles. The van der Waals surface area contributed by atoms with E-state index in [0.29, 0.717) is 17.1 Å². The van der Waals surface area contributed by atoms with Crippen molar-refractivity contribution in [1.82, 2.24) is 4.98 Å². The predicted octanol–water partition coefficient (Wildman–Crippen LogP) is 4.03. The molecule has 3 aromatic rings. The smallest absolute Gasteiger partial charge is 0.335 e. The maximum absolute atomic E-state index is 10.9. The zero-order valence-electron chi connectivity index (χ0n) is 10.1. The topological polar surface area (TPSA) is 75.4 Å². The van der Waals surface area contributed by atoms with Gasteiger partial charge in [-0.15, -0.1) is 0 Å². The van der Waals surface area contributed by atoms with E-state index >= 15 is 0 Å². The van der Waals surface area contributed by atoms with Crippen LogP contribution >= 0.6 is 15.9 Å². The van der Waals surface area contributed by atoms with Crippen LogP contribution in [0.4, 0.5) is 11.7 Å². The normalized spacial score (nSPS) is 10.7. The lowest BCUT2D eigenvalue weighted by atomic mass is 10.2. The Hall–Kier alpha value is -2.34. The second-order valence-electron chi connectivity index (χ2n) is 4.11. The van der Waals surface area contributed by atoms with E-state index < -0.39 is 5.97 Å². The van der Waals surface area contributed by atoms with Crippen LogP contribution in [0.5, 0.6) is 0 Å². The molecule has 100 valence electrons. The van der Waals surface area contributed by atoms with Gasteiger partial charge in [-0.05, 0) is 46.3 Å². The minimum Gasteiger partial charge on any atom is -0.478 e. The Morgan fingerprint density at radius 1 is 1.25 bits per heavy atom. The van der Waals surface area contributed by atoms with Gasteiger partial charge >= 0.3 is 5.97 Å². The number of rotatable bonds is 3. The number of para-hydroxylation sites is 1. The highest BCUT2D eigenvalue weighted by molar-refractivity contribution is 9.10. The highest BCUT2D eigenvalue weighted by Crippen LogP contribution is 2.27. The van der Waals surface area contributed by atoms with Crippen LogP contribution < -0.4 is 5.32 Å². The van der Waals surface area contributed by atoms with Crippen molar-refractivity contribution in [3.05, 3.63) is 52.5 Å². The molecule has 0 spiro atoms. The van der Waals surface area contributed by atoms with Crippen molar-refractivity contribution in [2.24, 2.45) is 0 Å². The van der Waals surface area contributed by atoms with Gasteiger partial charge in [0.05, 0.1) is 11.3 Å². The number of hydrogen-bond donors (Lipinski definition) is 2. The van der Waals surface area contributed by atoms with Crippen molar-refractivity contribution in [2.75, 3.05) is 5.32 Å². The lowest BCUT2D eigenvalue weighted by Crippen LogP contribution is -1.94. The van der Waals surface area contributed by atoms with Crippen molar-refractivity contribution in [1.29, 1.82) is 0 Å². The van der Waals surface area contributed by atoms with Gasteiger partial charge < -0.3 is 14.8 Å². The molecule has 0 atom stereocenters. The molecule has 0 saturated heterocycles. The second-order valence-corrected chi connectivity index (χ2v) is 4.97. The van der Waals surface area contributed by atoms with Gasteiger partial charge in [-0.1, -0.05) is 12.1 Å². The van der Waals surface area contributed by atoms with Crippen molar-refractivity contribution < 1.29 is 14.3 Å². The number of nitrogens with zero attached hydrogens (tertiary/aromatic N) is 1. The van der Waals surface area contributed by atoms with Crippen molar-refractivity contribution >= 4 is 44.7 Å². The Bertz CT molecular complexity index is 798. The number of oxazole rings is 1. The third-order valence-electron chi connectivity index (χ3n) is 2.75. The molecule has 2 aromatic carbocycles. The molecule has 0 unspecified atom stereocenters. The van der Waals surface area contributed by atoms with Crippen LogP contribution in [0.15, 0.2) is 51.4 Å². The standard InChI is InChI=1S/C14H9BrN2O3/c15-9-3-1-2-4-10(9)16-14-17-11-6-5-8(13(18)19)7-12(11)20-14/h1-7H,(H,16,17)(H,18,19). The number of halogens is 1. The molecule has 6 heteroatoms. The van der Waals surface area contributed by atoms with Crippen molar-refractivity contribution in [3.63, 3.8) is 0 Å². The van der Waals surface area contributed by atoms with Crippen LogP contribution in [0.1, 0.15) is 10.4 Å². The maximum Gasteiger partial charge on any atom is 0.335 e. The number of carbonyl (C=O) groups is 1. The number of fused-ring (bicyclic) bond motifs is 1. The quantitative estimate of drug-likeness (QED) is 0.757. The first-order chi connectivity index (χ1) is 9.63. The zero-order chi connectivity index (χ0) is 14.1. The van der Waals surface area contributed by atoms with Crippen molar-refractivity contribution in [3.8, 4) is 0 Å². The van der Waals surface area contributed by atoms with Gasteiger partial charge in [-0.25, -0.2) is 4.79 Å². The van der Waals surface area contributed by atoms with Gasteiger partial charge in [0.15, 0.2) is 5.58 Å². The largest absolute Gasteiger partial charge is 0.478 e. The monoisotopic (exact) mass is 332 g/mol. The van der Waals surface area contributed by atoms with Gasteiger partial charge in [-0.3, -0.25) is 0 Å². The number of hydrogen-bond acceptors (Lipinski definition) is 4. The average Bonchev–Trinajstić information content (AvgIpc) is 2.82. The third-order valence-corrected chi connectivity index (χ3v) is 3.44. The van der Waals surface area contributed by atoms with Gasteiger partial charge in [0, 0.05) is 4.47 Å². The summed E-state index contributed by atoms with van der Waals surface area (Å²) in [4.78, 5) is 15.2. The Balaban J connectivity index is 1.97. The molecular weight excluding hydrogens is 324 g/mol. The molecule has 1 aromatic heterocycles. The predicted molar refractivity (Wildman–Crippen MR) is 78.4 cm³/mol. The fraction of sp³-hybridized carbons (Fsp3) is 0. The Kier molecular flexibility index (Phi) is 3.15. The molecule has 0 bridgehead atoms. The van der Waals surface area contributed by atoms with Crippen LogP contribution in [0.3, 0.4) is 0 Å². The summed E-state index contributed by atoms with van der Waals surface area (Å²) < 4.78 is 6.39. The molecule has 20 heavy (non-hydrogen) atoms. The highest BCUT2D eigenvalue weighted by atomic mass is 79.9. The molecule has 0 amide bonds. The van der Waals surface area contributed by atoms with Gasteiger partial charge in [0.1, 0.15) is 5.52 Å². The molecule has 2 N–H and O–H groups in total. The lowest BCUT2D eigenvalue weighted by molar-refractivity contribution is 0.0697. The van der Waals surface area contributed by atoms with Crippen LogP contribution in [-0.2, 0) is 0 Å². The van der Waals surface area contributed by atoms with E-state index in [0.717, 1.165) is 10.2 Å². The van der Waals surface area contributed by atoms with Gasteiger partial charge in [-0.2, -0.15) is 4.98 Å². The molecule has 0 aliphatic carbocycles. The number of carboxylic acids is 1. The summed E-state index contributed by atoms with van der Waals surface area (Å²) in [6.45, 7) is 0. The molecular formula is C14H9BrN2O3. The van der Waals surface area contributed by atoms with Crippen molar-refractivity contribution in [2.45, 2.75) is 0 Å². The van der Waals surface area contributed by atoms with E-state index in [2.05, 4.69) is 26.2 Å². The van der Waals surface area contributed by atoms with Crippen LogP contribution in [-0.4, -0.2) is 16.1 Å². The van der Waals surface area contributed by atoms with E-state index in [1.165, 1.54) is 12.1 Å². The summed E-state index contributed by atoms with van der Waals surface area (Å²) in [6, 6.07) is 12.4. The maximum atomic E-state index is 10.9. The fourth-order valence-electron chi connectivity index (χ4n) is 1.79. The highest BCUT2D eigenvalue weighted by Gasteiger charge is 2.10. The zero-order valence-corrected chi connectivity index (χ0v) is 11.7. The summed E-state index contributed by atoms with van der Waals surface area (Å²) in [5.41, 5.74) is 2.02. The number of aromatic carboxylic acids is 1. The summed E-state index contributed by atoms with van der Waals surface area (Å²) >= 11 is 3.42. The van der Waals surface area contributed by atoms with E-state index in [9.17, 15) is 4.79 Å². The van der Waals surface area contributed by atoms with Crippen LogP contribution in [0.25, 0.3) is 11.1 Å². The number of aromatic nitrogens is 1. The first-order valence-electron chi connectivity index (χ1n) is 5.79. The number of carboxylic acid groups (broad SMARTS) is 1. The Morgan fingerprint density at radius 2 is 2.05 bits per heavy atom. The summed E-state index contributed by atoms with van der Waals surface area (Å²) in [5, 5.41) is 12.0. The molecule has 1 heterocycles. The van der Waals surface area contributed by atoms with Crippen LogP contribution in [0, 0.1) is 0 Å². The number of anilines is 2. The summed E-state index contributed by atoms with van der Waals surface area (Å²) in [7, 11) is 0.